The fourth-order valence-electron chi connectivity index (χ4n) is 1.20. The van der Waals surface area contributed by atoms with Gasteiger partial charge in [0.05, 0.1) is 6.61 Å². The van der Waals surface area contributed by atoms with Crippen LogP contribution in [-0.4, -0.2) is 22.7 Å². The summed E-state index contributed by atoms with van der Waals surface area (Å²) in [5.41, 5.74) is 0.691. The van der Waals surface area contributed by atoms with E-state index in [4.69, 9.17) is 39.5 Å². The van der Waals surface area contributed by atoms with Crippen molar-refractivity contribution in [1.82, 2.24) is 5.32 Å². The minimum absolute atomic E-state index is 0.233. The second-order valence-electron chi connectivity index (χ2n) is 3.49. The third-order valence-electron chi connectivity index (χ3n) is 2.02. The van der Waals surface area contributed by atoms with E-state index in [2.05, 4.69) is 26.6 Å². The first kappa shape index (κ1) is 16.7. The SMILES string of the molecule is CCOC(=O)N[C@H](Nc1ccc(Br)cc1)C(Cl)(Cl)Cl. The van der Waals surface area contributed by atoms with E-state index in [-0.39, 0.29) is 6.61 Å². The maximum atomic E-state index is 11.4. The number of carbonyl (C=O) groups excluding carboxylic acids is 1. The number of alkyl carbamates (subject to hydrolysis) is 1. The molecule has 106 valence electrons. The summed E-state index contributed by atoms with van der Waals surface area (Å²) in [5, 5.41) is 5.35. The lowest BCUT2D eigenvalue weighted by atomic mass is 10.3. The van der Waals surface area contributed by atoms with Crippen molar-refractivity contribution < 1.29 is 9.53 Å². The van der Waals surface area contributed by atoms with Crippen molar-refractivity contribution in [2.45, 2.75) is 16.9 Å². The van der Waals surface area contributed by atoms with Crippen molar-refractivity contribution in [3.05, 3.63) is 28.7 Å². The molecule has 1 aromatic carbocycles. The molecule has 19 heavy (non-hydrogen) atoms. The van der Waals surface area contributed by atoms with Crippen molar-refractivity contribution in [3.8, 4) is 0 Å². The van der Waals surface area contributed by atoms with Crippen LogP contribution in [0.3, 0.4) is 0 Å². The van der Waals surface area contributed by atoms with Crippen LogP contribution in [0.4, 0.5) is 10.5 Å². The minimum atomic E-state index is -1.72. The molecular weight excluding hydrogens is 378 g/mol. The molecule has 0 radical (unpaired) electrons. The van der Waals surface area contributed by atoms with Gasteiger partial charge in [0.2, 0.25) is 3.79 Å². The molecule has 1 amide bonds. The molecule has 0 bridgehead atoms. The van der Waals surface area contributed by atoms with Crippen LogP contribution in [0.5, 0.6) is 0 Å². The summed E-state index contributed by atoms with van der Waals surface area (Å²) >= 11 is 20.8. The first-order chi connectivity index (χ1) is 8.82. The number of anilines is 1. The third-order valence-corrected chi connectivity index (χ3v) is 3.20. The molecule has 0 aliphatic heterocycles. The number of hydrogen-bond acceptors (Lipinski definition) is 3. The number of carbonyl (C=O) groups is 1. The zero-order valence-electron chi connectivity index (χ0n) is 9.92. The molecule has 0 unspecified atom stereocenters. The van der Waals surface area contributed by atoms with Crippen LogP contribution in [0.25, 0.3) is 0 Å². The fraction of sp³-hybridized carbons (Fsp3) is 0.364. The molecule has 0 heterocycles. The van der Waals surface area contributed by atoms with E-state index >= 15 is 0 Å². The second kappa shape index (κ2) is 7.43. The average Bonchev–Trinajstić information content (AvgIpc) is 2.30. The van der Waals surface area contributed by atoms with Crippen LogP contribution in [-0.2, 0) is 4.74 Å². The summed E-state index contributed by atoms with van der Waals surface area (Å²) in [5.74, 6) is 0. The summed E-state index contributed by atoms with van der Waals surface area (Å²) < 4.78 is 3.95. The van der Waals surface area contributed by atoms with E-state index < -0.39 is 16.1 Å². The Morgan fingerprint density at radius 2 is 1.95 bits per heavy atom. The van der Waals surface area contributed by atoms with E-state index in [1.807, 2.05) is 12.1 Å². The predicted molar refractivity (Wildman–Crippen MR) is 82.0 cm³/mol. The molecular formula is C11H12BrCl3N2O2. The molecule has 0 aliphatic rings. The quantitative estimate of drug-likeness (QED) is 0.595. The normalized spacial score (nSPS) is 12.7. The van der Waals surface area contributed by atoms with Gasteiger partial charge in [0, 0.05) is 10.2 Å². The van der Waals surface area contributed by atoms with E-state index in [0.717, 1.165) is 4.47 Å². The minimum Gasteiger partial charge on any atom is -0.450 e. The highest BCUT2D eigenvalue weighted by atomic mass is 79.9. The van der Waals surface area contributed by atoms with Crippen molar-refractivity contribution in [1.29, 1.82) is 0 Å². The number of halogens is 4. The Hall–Kier alpha value is -0.360. The van der Waals surface area contributed by atoms with E-state index in [9.17, 15) is 4.79 Å². The van der Waals surface area contributed by atoms with Crippen molar-refractivity contribution >= 4 is 62.5 Å². The molecule has 0 aromatic heterocycles. The van der Waals surface area contributed by atoms with Crippen LogP contribution in [0.2, 0.25) is 0 Å². The highest BCUT2D eigenvalue weighted by Gasteiger charge is 2.34. The van der Waals surface area contributed by atoms with Crippen LogP contribution >= 0.6 is 50.7 Å². The zero-order chi connectivity index (χ0) is 14.5. The molecule has 1 aromatic rings. The Kier molecular flexibility index (Phi) is 6.53. The Labute approximate surface area is 134 Å². The van der Waals surface area contributed by atoms with Gasteiger partial charge in [-0.05, 0) is 31.2 Å². The summed E-state index contributed by atoms with van der Waals surface area (Å²) in [6.07, 6.45) is -1.58. The largest absolute Gasteiger partial charge is 0.450 e. The molecule has 0 spiro atoms. The number of alkyl halides is 3. The maximum absolute atomic E-state index is 11.4. The molecule has 0 saturated carbocycles. The maximum Gasteiger partial charge on any atom is 0.408 e. The highest BCUT2D eigenvalue weighted by Crippen LogP contribution is 2.31. The molecule has 4 nitrogen and oxygen atoms in total. The number of benzene rings is 1. The molecule has 0 aliphatic carbocycles. The molecule has 1 atom stereocenters. The van der Waals surface area contributed by atoms with Gasteiger partial charge in [0.15, 0.2) is 0 Å². The van der Waals surface area contributed by atoms with Crippen molar-refractivity contribution in [3.63, 3.8) is 0 Å². The number of ether oxygens (including phenoxy) is 1. The summed E-state index contributed by atoms with van der Waals surface area (Å²) in [6, 6.07) is 7.20. The predicted octanol–water partition coefficient (Wildman–Crippen LogP) is 4.30. The van der Waals surface area contributed by atoms with E-state index in [1.54, 1.807) is 19.1 Å². The lowest BCUT2D eigenvalue weighted by Gasteiger charge is -2.26. The Balaban J connectivity index is 2.75. The lowest BCUT2D eigenvalue weighted by Crippen LogP contribution is -2.49. The second-order valence-corrected chi connectivity index (χ2v) is 6.78. The summed E-state index contributed by atoms with van der Waals surface area (Å²) in [7, 11) is 0. The van der Waals surface area contributed by atoms with Crippen molar-refractivity contribution in [2.75, 3.05) is 11.9 Å². The van der Waals surface area contributed by atoms with Crippen molar-refractivity contribution in [2.24, 2.45) is 0 Å². The molecule has 1 rings (SSSR count). The van der Waals surface area contributed by atoms with Gasteiger partial charge in [-0.3, -0.25) is 5.32 Å². The molecule has 0 saturated heterocycles. The fourth-order valence-corrected chi connectivity index (χ4v) is 1.79. The number of amides is 1. The summed E-state index contributed by atoms with van der Waals surface area (Å²) in [6.45, 7) is 1.92. The van der Waals surface area contributed by atoms with E-state index in [0.29, 0.717) is 5.69 Å². The molecule has 0 fully saturated rings. The average molecular weight is 390 g/mol. The van der Waals surface area contributed by atoms with Crippen LogP contribution in [0, 0.1) is 0 Å². The van der Waals surface area contributed by atoms with Gasteiger partial charge in [0.1, 0.15) is 6.17 Å². The standard InChI is InChI=1S/C11H12BrCl3N2O2/c1-2-19-10(18)17-9(11(13,14)15)16-8-5-3-7(12)4-6-8/h3-6,9,16H,2H2,1H3,(H,17,18)/t9-/m0/s1. The van der Waals surface area contributed by atoms with Crippen LogP contribution < -0.4 is 10.6 Å². The van der Waals surface area contributed by atoms with Crippen LogP contribution in [0.15, 0.2) is 28.7 Å². The monoisotopic (exact) mass is 388 g/mol. The number of nitrogens with one attached hydrogen (secondary N) is 2. The van der Waals surface area contributed by atoms with E-state index in [1.165, 1.54) is 0 Å². The topological polar surface area (TPSA) is 50.4 Å². The molecule has 8 heteroatoms. The molecule has 2 N–H and O–H groups in total. The smallest absolute Gasteiger partial charge is 0.408 e. The Morgan fingerprint density at radius 3 is 2.42 bits per heavy atom. The van der Waals surface area contributed by atoms with Gasteiger partial charge in [-0.25, -0.2) is 4.79 Å². The third kappa shape index (κ3) is 6.08. The first-order valence-electron chi connectivity index (χ1n) is 5.35. The Morgan fingerprint density at radius 1 is 1.37 bits per heavy atom. The lowest BCUT2D eigenvalue weighted by molar-refractivity contribution is 0.149. The first-order valence-corrected chi connectivity index (χ1v) is 7.27. The van der Waals surface area contributed by atoms with Gasteiger partial charge in [0.25, 0.3) is 0 Å². The van der Waals surface area contributed by atoms with Gasteiger partial charge >= 0.3 is 6.09 Å². The Bertz CT molecular complexity index is 423. The van der Waals surface area contributed by atoms with Gasteiger partial charge < -0.3 is 10.1 Å². The highest BCUT2D eigenvalue weighted by molar-refractivity contribution is 9.10. The van der Waals surface area contributed by atoms with Gasteiger partial charge in [-0.2, -0.15) is 0 Å². The number of hydrogen-bond donors (Lipinski definition) is 2. The summed E-state index contributed by atoms with van der Waals surface area (Å²) in [4.78, 5) is 11.4. The van der Waals surface area contributed by atoms with Gasteiger partial charge in [-0.15, -0.1) is 0 Å². The van der Waals surface area contributed by atoms with Crippen LogP contribution in [0.1, 0.15) is 6.92 Å². The number of rotatable bonds is 4. The van der Waals surface area contributed by atoms with Gasteiger partial charge in [-0.1, -0.05) is 50.7 Å². The zero-order valence-corrected chi connectivity index (χ0v) is 13.8.